The van der Waals surface area contributed by atoms with E-state index in [2.05, 4.69) is 15.0 Å². The second-order valence-corrected chi connectivity index (χ2v) is 9.51. The minimum absolute atomic E-state index is 0.130. The van der Waals surface area contributed by atoms with Crippen molar-refractivity contribution in [1.29, 1.82) is 0 Å². The predicted octanol–water partition coefficient (Wildman–Crippen LogP) is 3.02. The molecule has 1 saturated carbocycles. The van der Waals surface area contributed by atoms with Gasteiger partial charge in [0.05, 0.1) is 6.04 Å². The van der Waals surface area contributed by atoms with Crippen LogP contribution < -0.4 is 10.0 Å². The molecule has 0 spiro atoms. The molecule has 2 aliphatic rings. The maximum Gasteiger partial charge on any atom is 0.322 e. The van der Waals surface area contributed by atoms with Crippen molar-refractivity contribution in [3.05, 3.63) is 53.3 Å². The van der Waals surface area contributed by atoms with Gasteiger partial charge in [0.2, 0.25) is 10.0 Å². The summed E-state index contributed by atoms with van der Waals surface area (Å²) in [6.45, 7) is 2.51. The molecule has 2 bridgehead atoms. The van der Waals surface area contributed by atoms with E-state index in [1.807, 2.05) is 6.92 Å². The first-order valence-corrected chi connectivity index (χ1v) is 11.0. The lowest BCUT2D eigenvalue weighted by atomic mass is 10.1. The number of rotatable bonds is 4. The van der Waals surface area contributed by atoms with Gasteiger partial charge < -0.3 is 10.2 Å². The van der Waals surface area contributed by atoms with Gasteiger partial charge in [0.25, 0.3) is 0 Å². The zero-order valence-corrected chi connectivity index (χ0v) is 16.9. The number of hydrogen-bond donors (Lipinski definition) is 2. The molecule has 0 unspecified atom stereocenters. The van der Waals surface area contributed by atoms with Crippen LogP contribution in [0.2, 0.25) is 5.02 Å². The summed E-state index contributed by atoms with van der Waals surface area (Å²) in [5.41, 5.74) is 1.57. The second kappa shape index (κ2) is 7.35. The molecule has 1 aromatic carbocycles. The third-order valence-corrected chi connectivity index (χ3v) is 7.13. The Labute approximate surface area is 169 Å². The summed E-state index contributed by atoms with van der Waals surface area (Å²) >= 11 is 5.97. The Hall–Kier alpha value is -2.16. The number of nitrogens with one attached hydrogen (secondary N) is 2. The monoisotopic (exact) mass is 420 g/mol. The molecule has 3 atom stereocenters. The van der Waals surface area contributed by atoms with Gasteiger partial charge in [0.15, 0.2) is 0 Å². The lowest BCUT2D eigenvalue weighted by Gasteiger charge is -2.33. The normalized spacial score (nSPS) is 23.8. The molecule has 148 valence electrons. The summed E-state index contributed by atoms with van der Waals surface area (Å²) in [5.74, 6) is 0.295. The number of piperidine rings is 1. The van der Waals surface area contributed by atoms with Crippen molar-refractivity contribution in [2.24, 2.45) is 5.92 Å². The Balaban J connectivity index is 1.47. The molecule has 2 aromatic rings. The van der Waals surface area contributed by atoms with E-state index in [-0.39, 0.29) is 23.0 Å². The molecule has 2 heterocycles. The number of carbonyl (C=O) groups is 1. The fraction of sp³-hybridized carbons (Fsp3) is 0.368. The van der Waals surface area contributed by atoms with Gasteiger partial charge in [-0.25, -0.2) is 17.9 Å². The van der Waals surface area contributed by atoms with Crippen molar-refractivity contribution in [3.63, 3.8) is 0 Å². The molecular formula is C19H21ClN4O3S. The summed E-state index contributed by atoms with van der Waals surface area (Å²) in [4.78, 5) is 18.6. The number of aromatic nitrogens is 1. The van der Waals surface area contributed by atoms with Crippen molar-refractivity contribution >= 4 is 33.3 Å². The number of urea groups is 1. The standard InChI is InChI=1S/C19H21ClN4O3S/c1-12-7-14(20)4-5-16(12)22-19(25)24-11-13-8-17(18(24)9-13)23-28(26,27)15-3-2-6-21-10-15/h2-7,10,13,17-18,23H,8-9,11H2,1H3,(H,22,25)/t13-,17+,18-/m1/s1. The van der Waals surface area contributed by atoms with E-state index in [0.29, 0.717) is 23.2 Å². The maximum atomic E-state index is 12.8. The number of aryl methyl sites for hydroxylation is 1. The van der Waals surface area contributed by atoms with Crippen molar-refractivity contribution < 1.29 is 13.2 Å². The number of amides is 2. The number of anilines is 1. The van der Waals surface area contributed by atoms with E-state index in [1.54, 1.807) is 29.2 Å². The molecule has 7 nitrogen and oxygen atoms in total. The average Bonchev–Trinajstić information content (AvgIpc) is 3.25. The summed E-state index contributed by atoms with van der Waals surface area (Å²) < 4.78 is 28.0. The Kier molecular flexibility index (Phi) is 5.03. The molecule has 1 saturated heterocycles. The number of pyridine rings is 1. The smallest absolute Gasteiger partial charge is 0.320 e. The van der Waals surface area contributed by atoms with Gasteiger partial charge in [-0.2, -0.15) is 0 Å². The molecule has 2 amide bonds. The third kappa shape index (κ3) is 3.72. The van der Waals surface area contributed by atoms with Crippen LogP contribution in [0.1, 0.15) is 18.4 Å². The van der Waals surface area contributed by atoms with Gasteiger partial charge in [0, 0.05) is 35.7 Å². The lowest BCUT2D eigenvalue weighted by Crippen LogP contribution is -2.52. The molecule has 28 heavy (non-hydrogen) atoms. The van der Waals surface area contributed by atoms with Crippen LogP contribution in [-0.4, -0.2) is 43.0 Å². The van der Waals surface area contributed by atoms with Crippen molar-refractivity contribution in [3.8, 4) is 0 Å². The predicted molar refractivity (Wildman–Crippen MR) is 107 cm³/mol. The van der Waals surface area contributed by atoms with Gasteiger partial charge in [-0.15, -0.1) is 0 Å². The highest BCUT2D eigenvalue weighted by atomic mass is 35.5. The zero-order valence-electron chi connectivity index (χ0n) is 15.3. The summed E-state index contributed by atoms with van der Waals surface area (Å²) in [6, 6.07) is 7.70. The van der Waals surface area contributed by atoms with Gasteiger partial charge in [-0.1, -0.05) is 11.6 Å². The molecule has 4 rings (SSSR count). The Morgan fingerprint density at radius 3 is 2.79 bits per heavy atom. The van der Waals surface area contributed by atoms with E-state index in [0.717, 1.165) is 18.4 Å². The van der Waals surface area contributed by atoms with Gasteiger partial charge in [0.1, 0.15) is 4.90 Å². The number of fused-ring (bicyclic) bond motifs is 2. The van der Waals surface area contributed by atoms with E-state index in [9.17, 15) is 13.2 Å². The molecule has 2 fully saturated rings. The van der Waals surface area contributed by atoms with Crippen LogP contribution in [0, 0.1) is 12.8 Å². The fourth-order valence-electron chi connectivity index (χ4n) is 4.11. The van der Waals surface area contributed by atoms with Crippen molar-refractivity contribution in [2.75, 3.05) is 11.9 Å². The van der Waals surface area contributed by atoms with Crippen LogP contribution >= 0.6 is 11.6 Å². The number of halogens is 1. The highest BCUT2D eigenvalue weighted by Crippen LogP contribution is 2.38. The molecule has 1 aromatic heterocycles. The largest absolute Gasteiger partial charge is 0.322 e. The fourth-order valence-corrected chi connectivity index (χ4v) is 5.59. The van der Waals surface area contributed by atoms with E-state index in [1.165, 1.54) is 18.5 Å². The first kappa shape index (κ1) is 19.2. The number of sulfonamides is 1. The van der Waals surface area contributed by atoms with Gasteiger partial charge in [-0.3, -0.25) is 4.98 Å². The van der Waals surface area contributed by atoms with E-state index < -0.39 is 10.0 Å². The maximum absolute atomic E-state index is 12.8. The van der Waals surface area contributed by atoms with Crippen LogP contribution in [0.5, 0.6) is 0 Å². The van der Waals surface area contributed by atoms with Gasteiger partial charge >= 0.3 is 6.03 Å². The van der Waals surface area contributed by atoms with Crippen molar-refractivity contribution in [2.45, 2.75) is 36.7 Å². The highest BCUT2D eigenvalue weighted by molar-refractivity contribution is 7.89. The Morgan fingerprint density at radius 2 is 2.11 bits per heavy atom. The van der Waals surface area contributed by atoms with Crippen LogP contribution in [-0.2, 0) is 10.0 Å². The SMILES string of the molecule is Cc1cc(Cl)ccc1NC(=O)N1C[C@@H]2C[C@H](NS(=O)(=O)c3cccnc3)[C@H]1C2. The molecular weight excluding hydrogens is 400 g/mol. The zero-order chi connectivity index (χ0) is 19.9. The Morgan fingerprint density at radius 1 is 1.29 bits per heavy atom. The number of likely N-dealkylation sites (tertiary alicyclic amines) is 1. The first-order chi connectivity index (χ1) is 13.3. The van der Waals surface area contributed by atoms with Crippen LogP contribution in [0.15, 0.2) is 47.6 Å². The molecule has 1 aliphatic carbocycles. The van der Waals surface area contributed by atoms with Gasteiger partial charge in [-0.05, 0) is 61.6 Å². The minimum atomic E-state index is -3.67. The third-order valence-electron chi connectivity index (χ3n) is 5.42. The number of benzene rings is 1. The summed E-state index contributed by atoms with van der Waals surface area (Å²) in [7, 11) is -3.67. The van der Waals surface area contributed by atoms with Crippen molar-refractivity contribution in [1.82, 2.24) is 14.6 Å². The molecule has 0 radical (unpaired) electrons. The van der Waals surface area contributed by atoms with Crippen LogP contribution in [0.25, 0.3) is 0 Å². The lowest BCUT2D eigenvalue weighted by molar-refractivity contribution is 0.183. The Bertz CT molecular complexity index is 999. The molecule has 1 aliphatic heterocycles. The summed E-state index contributed by atoms with van der Waals surface area (Å²) in [6.07, 6.45) is 4.38. The molecule has 9 heteroatoms. The summed E-state index contributed by atoms with van der Waals surface area (Å²) in [5, 5.41) is 3.53. The first-order valence-electron chi connectivity index (χ1n) is 9.09. The second-order valence-electron chi connectivity index (χ2n) is 7.36. The van der Waals surface area contributed by atoms with Crippen LogP contribution in [0.4, 0.5) is 10.5 Å². The molecule has 2 N–H and O–H groups in total. The van der Waals surface area contributed by atoms with E-state index >= 15 is 0 Å². The topological polar surface area (TPSA) is 91.4 Å². The van der Waals surface area contributed by atoms with Crippen LogP contribution in [0.3, 0.4) is 0 Å². The minimum Gasteiger partial charge on any atom is -0.320 e. The average molecular weight is 421 g/mol. The van der Waals surface area contributed by atoms with E-state index in [4.69, 9.17) is 11.6 Å². The number of carbonyl (C=O) groups excluding carboxylic acids is 1. The quantitative estimate of drug-likeness (QED) is 0.795. The number of nitrogens with zero attached hydrogens (tertiary/aromatic N) is 2. The number of hydrogen-bond acceptors (Lipinski definition) is 4. The highest BCUT2D eigenvalue weighted by Gasteiger charge is 2.48.